The first-order valence-electron chi connectivity index (χ1n) is 10.6. The van der Waals surface area contributed by atoms with Gasteiger partial charge in [0.25, 0.3) is 11.8 Å². The van der Waals surface area contributed by atoms with Gasteiger partial charge in [0.1, 0.15) is 11.0 Å². The van der Waals surface area contributed by atoms with Crippen molar-refractivity contribution in [2.24, 2.45) is 0 Å². The summed E-state index contributed by atoms with van der Waals surface area (Å²) in [5.41, 5.74) is 2.41. The lowest BCUT2D eigenvalue weighted by atomic mass is 10.1. The number of aromatic nitrogens is 2. The van der Waals surface area contributed by atoms with Gasteiger partial charge in [-0.05, 0) is 56.0 Å². The summed E-state index contributed by atoms with van der Waals surface area (Å²) < 4.78 is 14.7. The van der Waals surface area contributed by atoms with E-state index in [-0.39, 0.29) is 22.4 Å². The maximum absolute atomic E-state index is 13.2. The highest BCUT2D eigenvalue weighted by Crippen LogP contribution is 2.25. The minimum atomic E-state index is -0.434. The van der Waals surface area contributed by atoms with Crippen molar-refractivity contribution in [3.05, 3.63) is 81.9 Å². The van der Waals surface area contributed by atoms with Gasteiger partial charge in [-0.15, -0.1) is 0 Å². The zero-order chi connectivity index (χ0) is 22.7. The summed E-state index contributed by atoms with van der Waals surface area (Å²) in [6.45, 7) is 3.45. The van der Waals surface area contributed by atoms with Crippen LogP contribution in [0.4, 0.5) is 10.1 Å². The van der Waals surface area contributed by atoms with Gasteiger partial charge in [0.15, 0.2) is 0 Å². The summed E-state index contributed by atoms with van der Waals surface area (Å²) in [4.78, 5) is 27.9. The Hall–Kier alpha value is -3.19. The van der Waals surface area contributed by atoms with Gasteiger partial charge in [0.2, 0.25) is 0 Å². The molecule has 8 heteroatoms. The quantitative estimate of drug-likeness (QED) is 0.595. The average molecular weight is 455 g/mol. The van der Waals surface area contributed by atoms with Crippen molar-refractivity contribution < 1.29 is 14.0 Å². The van der Waals surface area contributed by atoms with Crippen LogP contribution in [0.3, 0.4) is 0 Å². The van der Waals surface area contributed by atoms with Crippen LogP contribution in [-0.2, 0) is 6.54 Å². The van der Waals surface area contributed by atoms with Gasteiger partial charge >= 0.3 is 0 Å². The number of rotatable bonds is 5. The lowest BCUT2D eigenvalue weighted by Crippen LogP contribution is -2.36. The number of likely N-dealkylation sites (tertiary alicyclic amines) is 1. The second kappa shape index (κ2) is 9.53. The number of para-hydroxylation sites is 1. The molecule has 4 rings (SSSR count). The molecule has 1 N–H and O–H groups in total. The van der Waals surface area contributed by atoms with E-state index in [9.17, 15) is 14.0 Å². The van der Waals surface area contributed by atoms with Gasteiger partial charge < -0.3 is 10.2 Å². The van der Waals surface area contributed by atoms with Crippen LogP contribution in [0.15, 0.2) is 48.5 Å². The van der Waals surface area contributed by atoms with E-state index < -0.39 is 5.91 Å². The molecule has 2 heterocycles. The fraction of sp³-hybridized carbons (Fsp3) is 0.292. The van der Waals surface area contributed by atoms with Crippen molar-refractivity contribution in [2.45, 2.75) is 32.7 Å². The Labute approximate surface area is 191 Å². The lowest BCUT2D eigenvalue weighted by Gasteiger charge is -2.27. The maximum Gasteiger partial charge on any atom is 0.260 e. The fourth-order valence-electron chi connectivity index (χ4n) is 3.91. The Morgan fingerprint density at radius 2 is 1.75 bits per heavy atom. The molecule has 0 bridgehead atoms. The van der Waals surface area contributed by atoms with Crippen molar-refractivity contribution in [3.63, 3.8) is 0 Å². The maximum atomic E-state index is 13.2. The van der Waals surface area contributed by atoms with E-state index in [1.54, 1.807) is 43.3 Å². The van der Waals surface area contributed by atoms with Crippen LogP contribution in [0.1, 0.15) is 51.2 Å². The topological polar surface area (TPSA) is 67.2 Å². The zero-order valence-corrected chi connectivity index (χ0v) is 18.5. The highest BCUT2D eigenvalue weighted by Gasteiger charge is 2.24. The van der Waals surface area contributed by atoms with E-state index in [4.69, 9.17) is 11.6 Å². The smallest absolute Gasteiger partial charge is 0.260 e. The van der Waals surface area contributed by atoms with Crippen LogP contribution in [-0.4, -0.2) is 39.6 Å². The lowest BCUT2D eigenvalue weighted by molar-refractivity contribution is 0.0725. The van der Waals surface area contributed by atoms with E-state index in [0.29, 0.717) is 23.5 Å². The third-order valence-electron chi connectivity index (χ3n) is 5.59. The highest BCUT2D eigenvalue weighted by atomic mass is 35.5. The average Bonchev–Trinajstić information content (AvgIpc) is 3.08. The molecule has 0 radical (unpaired) electrons. The molecule has 2 aromatic carbocycles. The number of carbonyl (C=O) groups is 2. The Kier molecular flexibility index (Phi) is 6.55. The summed E-state index contributed by atoms with van der Waals surface area (Å²) in [5.74, 6) is -0.846. The van der Waals surface area contributed by atoms with E-state index in [2.05, 4.69) is 10.4 Å². The highest BCUT2D eigenvalue weighted by molar-refractivity contribution is 6.33. The number of carbonyl (C=O) groups excluding carboxylic acids is 2. The second-order valence-corrected chi connectivity index (χ2v) is 8.25. The van der Waals surface area contributed by atoms with Gasteiger partial charge in [-0.25, -0.2) is 9.07 Å². The van der Waals surface area contributed by atoms with Gasteiger partial charge in [0, 0.05) is 13.1 Å². The number of nitrogens with zero attached hydrogens (tertiary/aromatic N) is 3. The first kappa shape index (κ1) is 22.0. The Morgan fingerprint density at radius 3 is 2.47 bits per heavy atom. The first-order valence-corrected chi connectivity index (χ1v) is 11.0. The molecule has 0 atom stereocenters. The molecule has 1 aliphatic heterocycles. The van der Waals surface area contributed by atoms with Crippen LogP contribution in [0.5, 0.6) is 0 Å². The van der Waals surface area contributed by atoms with Gasteiger partial charge in [0.05, 0.1) is 29.1 Å². The van der Waals surface area contributed by atoms with Crippen molar-refractivity contribution in [1.82, 2.24) is 14.7 Å². The summed E-state index contributed by atoms with van der Waals surface area (Å²) in [5, 5.41) is 7.40. The molecule has 32 heavy (non-hydrogen) atoms. The van der Waals surface area contributed by atoms with E-state index in [1.165, 1.54) is 16.8 Å². The van der Waals surface area contributed by atoms with E-state index >= 15 is 0 Å². The Morgan fingerprint density at radius 1 is 1.06 bits per heavy atom. The summed E-state index contributed by atoms with van der Waals surface area (Å²) in [7, 11) is 0. The van der Waals surface area contributed by atoms with Gasteiger partial charge in [-0.3, -0.25) is 9.59 Å². The normalized spacial score (nSPS) is 13.8. The monoisotopic (exact) mass is 454 g/mol. The predicted molar refractivity (Wildman–Crippen MR) is 122 cm³/mol. The van der Waals surface area contributed by atoms with Crippen LogP contribution >= 0.6 is 11.6 Å². The van der Waals surface area contributed by atoms with Gasteiger partial charge in [-0.1, -0.05) is 35.9 Å². The summed E-state index contributed by atoms with van der Waals surface area (Å²) in [6, 6.07) is 13.0. The molecular weight excluding hydrogens is 431 g/mol. The SMILES string of the molecule is Cc1nn(Cc2ccc(F)cc2)c(Cl)c1C(=O)Nc1ccccc1C(=O)N1CCCCC1. The standard InChI is InChI=1S/C24H24ClFN4O2/c1-16-21(22(25)30(28-16)15-17-9-11-18(26)12-10-17)23(31)27-20-8-4-3-7-19(20)24(32)29-13-5-2-6-14-29/h3-4,7-12H,2,5-6,13-15H2,1H3,(H,27,31). The summed E-state index contributed by atoms with van der Waals surface area (Å²) in [6.07, 6.45) is 3.10. The fourth-order valence-corrected chi connectivity index (χ4v) is 4.23. The number of piperidine rings is 1. The van der Waals surface area contributed by atoms with Crippen LogP contribution in [0, 0.1) is 12.7 Å². The molecule has 2 amide bonds. The number of hydrogen-bond acceptors (Lipinski definition) is 3. The number of halogens is 2. The van der Waals surface area contributed by atoms with Crippen LogP contribution in [0.2, 0.25) is 5.15 Å². The summed E-state index contributed by atoms with van der Waals surface area (Å²) >= 11 is 6.49. The molecule has 0 spiro atoms. The number of nitrogens with one attached hydrogen (secondary N) is 1. The molecule has 0 saturated carbocycles. The first-order chi connectivity index (χ1) is 15.4. The Bertz CT molecular complexity index is 1140. The molecule has 0 unspecified atom stereocenters. The van der Waals surface area contributed by atoms with E-state index in [0.717, 1.165) is 37.9 Å². The molecule has 1 saturated heterocycles. The minimum absolute atomic E-state index is 0.0876. The molecular formula is C24H24ClFN4O2. The third-order valence-corrected chi connectivity index (χ3v) is 5.97. The molecule has 1 fully saturated rings. The van der Waals surface area contributed by atoms with Gasteiger partial charge in [-0.2, -0.15) is 5.10 Å². The molecule has 3 aromatic rings. The number of hydrogen-bond donors (Lipinski definition) is 1. The van der Waals surface area contributed by atoms with E-state index in [1.807, 2.05) is 4.90 Å². The van der Waals surface area contributed by atoms with Crippen molar-refractivity contribution in [2.75, 3.05) is 18.4 Å². The molecule has 1 aromatic heterocycles. The molecule has 6 nitrogen and oxygen atoms in total. The molecule has 166 valence electrons. The number of anilines is 1. The minimum Gasteiger partial charge on any atom is -0.339 e. The van der Waals surface area contributed by atoms with Crippen LogP contribution in [0.25, 0.3) is 0 Å². The second-order valence-electron chi connectivity index (χ2n) is 7.89. The predicted octanol–water partition coefficient (Wildman–Crippen LogP) is 4.91. The van der Waals surface area contributed by atoms with Crippen molar-refractivity contribution in [1.29, 1.82) is 0 Å². The zero-order valence-electron chi connectivity index (χ0n) is 17.8. The number of aryl methyl sites for hydroxylation is 1. The molecule has 1 aliphatic rings. The Balaban J connectivity index is 1.55. The third kappa shape index (κ3) is 4.67. The largest absolute Gasteiger partial charge is 0.339 e. The number of benzene rings is 2. The van der Waals surface area contributed by atoms with Crippen molar-refractivity contribution >= 4 is 29.1 Å². The van der Waals surface area contributed by atoms with Crippen molar-refractivity contribution in [3.8, 4) is 0 Å². The van der Waals surface area contributed by atoms with Crippen LogP contribution < -0.4 is 5.32 Å². The number of amides is 2. The molecule has 0 aliphatic carbocycles.